The van der Waals surface area contributed by atoms with Gasteiger partial charge in [0.1, 0.15) is 0 Å². The molecule has 2 rings (SSSR count). The summed E-state index contributed by atoms with van der Waals surface area (Å²) in [6.45, 7) is 15.2. The van der Waals surface area contributed by atoms with E-state index in [1.807, 2.05) is 0 Å². The topological polar surface area (TPSA) is 122 Å². The molecule has 1 heterocycles. The number of nitrogens with two attached hydrogens (primary N) is 2. The zero-order valence-electron chi connectivity index (χ0n) is 25.3. The van der Waals surface area contributed by atoms with Crippen LogP contribution in [0.25, 0.3) is 0 Å². The van der Waals surface area contributed by atoms with Crippen LogP contribution >= 0.6 is 0 Å². The number of aliphatic imine (C=N–C) groups is 4. The summed E-state index contributed by atoms with van der Waals surface area (Å²) >= 11 is 0. The standard InChI is InChI=1S/C31H58N6O/c1-21-9-7-11-30(32)25(5)36-20-28(19-27-13-15-29(38)16-14-27)37-26(6)31(33)12-8-10-22(2)24(4)35-18-17-34-23(21)3/h21-22,27-31,38H,7-20,32-33H2,1-6H3. The van der Waals surface area contributed by atoms with E-state index >= 15 is 0 Å². The highest BCUT2D eigenvalue weighted by atomic mass is 16.3. The molecule has 1 aliphatic carbocycles. The molecule has 0 amide bonds. The third-order valence-corrected chi connectivity index (χ3v) is 8.99. The van der Waals surface area contributed by atoms with Crippen LogP contribution in [0.1, 0.15) is 112 Å². The van der Waals surface area contributed by atoms with Crippen molar-refractivity contribution in [3.63, 3.8) is 0 Å². The number of rotatable bonds is 2. The Morgan fingerprint density at radius 1 is 0.658 bits per heavy atom. The highest BCUT2D eigenvalue weighted by Gasteiger charge is 2.23. The molecule has 0 radical (unpaired) electrons. The van der Waals surface area contributed by atoms with Crippen LogP contribution in [-0.4, -0.2) is 71.8 Å². The zero-order chi connectivity index (χ0) is 28.1. The summed E-state index contributed by atoms with van der Waals surface area (Å²) in [5.41, 5.74) is 17.6. The average Bonchev–Trinajstić information content (AvgIpc) is 2.89. The second-order valence-electron chi connectivity index (χ2n) is 12.2. The van der Waals surface area contributed by atoms with Gasteiger partial charge in [0, 0.05) is 34.9 Å². The first-order valence-electron chi connectivity index (χ1n) is 15.3. The lowest BCUT2D eigenvalue weighted by atomic mass is 9.83. The van der Waals surface area contributed by atoms with Gasteiger partial charge in [0.2, 0.25) is 0 Å². The van der Waals surface area contributed by atoms with Crippen LogP contribution in [0.5, 0.6) is 0 Å². The van der Waals surface area contributed by atoms with Crippen molar-refractivity contribution >= 4 is 22.8 Å². The van der Waals surface area contributed by atoms with Gasteiger partial charge in [-0.1, -0.05) is 26.7 Å². The number of aliphatic hydroxyl groups excluding tert-OH is 1. The molecule has 1 aliphatic heterocycles. The number of hydrogen-bond donors (Lipinski definition) is 3. The lowest BCUT2D eigenvalue weighted by Gasteiger charge is -2.28. The first-order valence-corrected chi connectivity index (χ1v) is 15.3. The van der Waals surface area contributed by atoms with Gasteiger partial charge in [0.25, 0.3) is 0 Å². The predicted octanol–water partition coefficient (Wildman–Crippen LogP) is 5.42. The lowest BCUT2D eigenvalue weighted by Crippen LogP contribution is -2.32. The molecule has 0 spiro atoms. The molecule has 0 aromatic rings. The van der Waals surface area contributed by atoms with Gasteiger partial charge >= 0.3 is 0 Å². The molecule has 0 aromatic heterocycles. The summed E-state index contributed by atoms with van der Waals surface area (Å²) < 4.78 is 0. The van der Waals surface area contributed by atoms with E-state index in [0.29, 0.717) is 24.3 Å². The van der Waals surface area contributed by atoms with Gasteiger partial charge in [-0.2, -0.15) is 0 Å². The second-order valence-corrected chi connectivity index (χ2v) is 12.2. The molecule has 5 atom stereocenters. The van der Waals surface area contributed by atoms with Crippen molar-refractivity contribution in [3.8, 4) is 0 Å². The Labute approximate surface area is 233 Å². The largest absolute Gasteiger partial charge is 0.393 e. The average molecular weight is 531 g/mol. The van der Waals surface area contributed by atoms with Crippen LogP contribution in [0.4, 0.5) is 0 Å². The Kier molecular flexibility index (Phi) is 14.9. The van der Waals surface area contributed by atoms with Crippen LogP contribution in [0, 0.1) is 17.8 Å². The molecular formula is C31H58N6O. The maximum atomic E-state index is 9.95. The molecule has 7 heteroatoms. The van der Waals surface area contributed by atoms with Crippen LogP contribution in [0.15, 0.2) is 20.0 Å². The Hall–Kier alpha value is -1.44. The molecule has 1 saturated carbocycles. The summed E-state index contributed by atoms with van der Waals surface area (Å²) in [7, 11) is 0. The van der Waals surface area contributed by atoms with Crippen molar-refractivity contribution in [1.82, 2.24) is 0 Å². The van der Waals surface area contributed by atoms with E-state index in [9.17, 15) is 5.11 Å². The first kappa shape index (κ1) is 32.8. The fourth-order valence-electron chi connectivity index (χ4n) is 5.57. The molecule has 0 aromatic carbocycles. The Morgan fingerprint density at radius 2 is 1.16 bits per heavy atom. The van der Waals surface area contributed by atoms with E-state index < -0.39 is 0 Å². The summed E-state index contributed by atoms with van der Waals surface area (Å²) in [6, 6.07) is 0.0718. The van der Waals surface area contributed by atoms with Crippen molar-refractivity contribution in [3.05, 3.63) is 0 Å². The van der Waals surface area contributed by atoms with Gasteiger partial charge in [0.15, 0.2) is 0 Å². The molecule has 2 aliphatic rings. The molecule has 1 fully saturated rings. The van der Waals surface area contributed by atoms with E-state index in [0.717, 1.165) is 95.1 Å². The summed E-state index contributed by atoms with van der Waals surface area (Å²) in [5, 5.41) is 9.95. The maximum absolute atomic E-state index is 9.95. The minimum atomic E-state index is -0.135. The van der Waals surface area contributed by atoms with Gasteiger partial charge in [-0.25, -0.2) is 0 Å². The van der Waals surface area contributed by atoms with E-state index in [4.69, 9.17) is 31.4 Å². The van der Waals surface area contributed by atoms with Gasteiger partial charge < -0.3 is 16.6 Å². The van der Waals surface area contributed by atoms with Crippen LogP contribution < -0.4 is 11.5 Å². The zero-order valence-corrected chi connectivity index (χ0v) is 25.3. The highest BCUT2D eigenvalue weighted by Crippen LogP contribution is 2.29. The van der Waals surface area contributed by atoms with Crippen molar-refractivity contribution in [1.29, 1.82) is 0 Å². The molecule has 38 heavy (non-hydrogen) atoms. The molecular weight excluding hydrogens is 472 g/mol. The van der Waals surface area contributed by atoms with Crippen molar-refractivity contribution in [2.24, 2.45) is 49.2 Å². The molecule has 0 bridgehead atoms. The van der Waals surface area contributed by atoms with Gasteiger partial charge in [0.05, 0.1) is 31.8 Å². The molecule has 7 nitrogen and oxygen atoms in total. The summed E-state index contributed by atoms with van der Waals surface area (Å²) in [5.74, 6) is 1.51. The molecule has 5 N–H and O–H groups in total. The van der Waals surface area contributed by atoms with Crippen molar-refractivity contribution in [2.45, 2.75) is 136 Å². The number of aliphatic hydroxyl groups is 1. The van der Waals surface area contributed by atoms with E-state index in [-0.39, 0.29) is 24.2 Å². The monoisotopic (exact) mass is 530 g/mol. The van der Waals surface area contributed by atoms with Crippen LogP contribution in [-0.2, 0) is 0 Å². The Balaban J connectivity index is 2.16. The smallest absolute Gasteiger partial charge is 0.0697 e. The van der Waals surface area contributed by atoms with E-state index in [1.54, 1.807) is 0 Å². The van der Waals surface area contributed by atoms with Gasteiger partial charge in [-0.3, -0.25) is 20.0 Å². The van der Waals surface area contributed by atoms with Crippen LogP contribution in [0.2, 0.25) is 0 Å². The van der Waals surface area contributed by atoms with E-state index in [1.165, 1.54) is 11.4 Å². The van der Waals surface area contributed by atoms with Gasteiger partial charge in [-0.15, -0.1) is 0 Å². The third kappa shape index (κ3) is 12.2. The van der Waals surface area contributed by atoms with Crippen LogP contribution in [0.3, 0.4) is 0 Å². The first-order chi connectivity index (χ1) is 18.1. The quantitative estimate of drug-likeness (QED) is 0.442. The Bertz CT molecular complexity index is 811. The number of hydrogen-bond acceptors (Lipinski definition) is 7. The molecule has 218 valence electrons. The van der Waals surface area contributed by atoms with E-state index in [2.05, 4.69) is 41.5 Å². The highest BCUT2D eigenvalue weighted by molar-refractivity contribution is 5.88. The SMILES string of the molecule is CC1=NCCN=C(C)C(C)CCCC(N)C(C)=NC(CC2CCC(O)CC2)CN=C(C)C(N)CCCC1C. The van der Waals surface area contributed by atoms with Crippen molar-refractivity contribution < 1.29 is 5.11 Å². The fraction of sp³-hybridized carbons (Fsp3) is 0.871. The second kappa shape index (κ2) is 17.3. The Morgan fingerprint density at radius 3 is 1.68 bits per heavy atom. The van der Waals surface area contributed by atoms with Crippen molar-refractivity contribution in [2.75, 3.05) is 19.6 Å². The number of nitrogens with zero attached hydrogens (tertiary/aromatic N) is 4. The minimum Gasteiger partial charge on any atom is -0.393 e. The molecule has 5 unspecified atom stereocenters. The minimum absolute atomic E-state index is 0.0191. The summed E-state index contributed by atoms with van der Waals surface area (Å²) in [6.07, 6.45) is 11.0. The fourth-order valence-corrected chi connectivity index (χ4v) is 5.57. The maximum Gasteiger partial charge on any atom is 0.0697 e. The lowest BCUT2D eigenvalue weighted by molar-refractivity contribution is 0.105. The molecule has 0 saturated heterocycles. The van der Waals surface area contributed by atoms with Gasteiger partial charge in [-0.05, 0) is 103 Å². The predicted molar refractivity (Wildman–Crippen MR) is 165 cm³/mol. The normalized spacial score (nSPS) is 34.6. The third-order valence-electron chi connectivity index (χ3n) is 8.99. The summed E-state index contributed by atoms with van der Waals surface area (Å²) in [4.78, 5) is 19.7.